The number of carboxylic acids is 1. The number of carboxylic acid groups (broad SMARTS) is 1. The van der Waals surface area contributed by atoms with E-state index in [-0.39, 0.29) is 30.2 Å². The van der Waals surface area contributed by atoms with E-state index in [1.807, 2.05) is 0 Å². The summed E-state index contributed by atoms with van der Waals surface area (Å²) in [4.78, 5) is 36.0. The number of aromatic amines is 1. The minimum Gasteiger partial charge on any atom is -0.481 e. The van der Waals surface area contributed by atoms with Crippen LogP contribution < -0.4 is 0 Å². The highest BCUT2D eigenvalue weighted by molar-refractivity contribution is 6.09. The molecule has 0 radical (unpaired) electrons. The normalized spacial score (nSPS) is 12.2. The summed E-state index contributed by atoms with van der Waals surface area (Å²) < 4.78 is 0. The first kappa shape index (κ1) is 14.7. The van der Waals surface area contributed by atoms with E-state index < -0.39 is 10.9 Å². The number of nitro groups is 1. The number of aliphatic carboxylic acids is 1. The van der Waals surface area contributed by atoms with Crippen LogP contribution in [-0.2, 0) is 4.79 Å². The van der Waals surface area contributed by atoms with E-state index in [0.29, 0.717) is 16.5 Å². The van der Waals surface area contributed by atoms with Gasteiger partial charge in [-0.3, -0.25) is 19.7 Å². The van der Waals surface area contributed by atoms with Gasteiger partial charge in [0.25, 0.3) is 5.69 Å². The number of hydrogen-bond acceptors (Lipinski definition) is 4. The standard InChI is InChI=1S/C14H14N2O5/c1-8(6-13(18)19)5-12(17)10-7-15-14-9(10)3-2-4-11(14)16(20)21/h2-4,7-8,15H,5-6H2,1H3,(H,18,19). The molecule has 0 aliphatic heterocycles. The summed E-state index contributed by atoms with van der Waals surface area (Å²) in [7, 11) is 0. The molecule has 7 nitrogen and oxygen atoms in total. The van der Waals surface area contributed by atoms with Crippen molar-refractivity contribution in [3.8, 4) is 0 Å². The Balaban J connectivity index is 2.31. The largest absolute Gasteiger partial charge is 0.481 e. The predicted molar refractivity (Wildman–Crippen MR) is 75.3 cm³/mol. The molecule has 2 rings (SSSR count). The van der Waals surface area contributed by atoms with Crippen molar-refractivity contribution in [2.24, 2.45) is 5.92 Å². The number of carbonyl (C=O) groups is 2. The van der Waals surface area contributed by atoms with E-state index in [1.165, 1.54) is 18.3 Å². The van der Waals surface area contributed by atoms with Crippen LogP contribution in [0.25, 0.3) is 10.9 Å². The summed E-state index contributed by atoms with van der Waals surface area (Å²) in [6.45, 7) is 1.68. The zero-order chi connectivity index (χ0) is 15.6. The van der Waals surface area contributed by atoms with Crippen LogP contribution in [0.2, 0.25) is 0 Å². The minimum absolute atomic E-state index is 0.0853. The molecule has 1 aromatic carbocycles. The average molecular weight is 290 g/mol. The zero-order valence-electron chi connectivity index (χ0n) is 11.3. The van der Waals surface area contributed by atoms with Crippen molar-refractivity contribution in [3.63, 3.8) is 0 Å². The van der Waals surface area contributed by atoms with Crippen LogP contribution in [0.15, 0.2) is 24.4 Å². The molecule has 2 N–H and O–H groups in total. The summed E-state index contributed by atoms with van der Waals surface area (Å²) in [5.74, 6) is -1.47. The van der Waals surface area contributed by atoms with Crippen LogP contribution in [0.4, 0.5) is 5.69 Å². The van der Waals surface area contributed by atoms with E-state index >= 15 is 0 Å². The molecule has 2 aromatic rings. The van der Waals surface area contributed by atoms with Gasteiger partial charge in [-0.05, 0) is 5.92 Å². The van der Waals surface area contributed by atoms with E-state index in [1.54, 1.807) is 13.0 Å². The molecule has 1 heterocycles. The maximum atomic E-state index is 12.2. The lowest BCUT2D eigenvalue weighted by molar-refractivity contribution is -0.383. The fourth-order valence-corrected chi connectivity index (χ4v) is 2.32. The van der Waals surface area contributed by atoms with Crippen LogP contribution >= 0.6 is 0 Å². The highest BCUT2D eigenvalue weighted by Crippen LogP contribution is 2.28. The molecule has 7 heteroatoms. The molecule has 0 fully saturated rings. The molecule has 0 spiro atoms. The van der Waals surface area contributed by atoms with E-state index in [2.05, 4.69) is 4.98 Å². The highest BCUT2D eigenvalue weighted by atomic mass is 16.6. The number of nitro benzene ring substituents is 1. The van der Waals surface area contributed by atoms with Gasteiger partial charge in [-0.25, -0.2) is 0 Å². The number of hydrogen-bond donors (Lipinski definition) is 2. The second-order valence-electron chi connectivity index (χ2n) is 4.99. The van der Waals surface area contributed by atoms with Crippen LogP contribution in [0.5, 0.6) is 0 Å². The van der Waals surface area contributed by atoms with Crippen molar-refractivity contribution < 1.29 is 19.6 Å². The molecule has 0 saturated carbocycles. The third-order valence-electron chi connectivity index (χ3n) is 3.25. The lowest BCUT2D eigenvalue weighted by Crippen LogP contribution is -2.10. The molecule has 0 amide bonds. The first-order valence-corrected chi connectivity index (χ1v) is 6.39. The molecule has 110 valence electrons. The molecule has 1 atom stereocenters. The quantitative estimate of drug-likeness (QED) is 0.482. The van der Waals surface area contributed by atoms with Gasteiger partial charge in [-0.15, -0.1) is 0 Å². The Morgan fingerprint density at radius 3 is 2.71 bits per heavy atom. The second-order valence-corrected chi connectivity index (χ2v) is 4.99. The van der Waals surface area contributed by atoms with E-state index in [4.69, 9.17) is 5.11 Å². The van der Waals surface area contributed by atoms with Gasteiger partial charge < -0.3 is 10.1 Å². The van der Waals surface area contributed by atoms with Crippen molar-refractivity contribution in [1.82, 2.24) is 4.98 Å². The molecule has 1 unspecified atom stereocenters. The van der Waals surface area contributed by atoms with Gasteiger partial charge in [-0.2, -0.15) is 0 Å². The zero-order valence-corrected chi connectivity index (χ0v) is 11.3. The Labute approximate surface area is 119 Å². The number of para-hydroxylation sites is 1. The van der Waals surface area contributed by atoms with Crippen LogP contribution in [0, 0.1) is 16.0 Å². The van der Waals surface area contributed by atoms with Crippen LogP contribution in [-0.4, -0.2) is 26.8 Å². The molecule has 0 aliphatic carbocycles. The van der Waals surface area contributed by atoms with E-state index in [9.17, 15) is 19.7 Å². The summed E-state index contributed by atoms with van der Waals surface area (Å²) in [5, 5.41) is 20.1. The monoisotopic (exact) mass is 290 g/mol. The first-order chi connectivity index (χ1) is 9.90. The molecule has 0 bridgehead atoms. The van der Waals surface area contributed by atoms with Crippen molar-refractivity contribution >= 4 is 28.3 Å². The van der Waals surface area contributed by atoms with Crippen LogP contribution in [0.3, 0.4) is 0 Å². The smallest absolute Gasteiger partial charge is 0.303 e. The topological polar surface area (TPSA) is 113 Å². The number of fused-ring (bicyclic) bond motifs is 1. The van der Waals surface area contributed by atoms with E-state index in [0.717, 1.165) is 0 Å². The second kappa shape index (κ2) is 5.74. The Bertz CT molecular complexity index is 719. The Morgan fingerprint density at radius 2 is 2.10 bits per heavy atom. The van der Waals surface area contributed by atoms with Crippen LogP contribution in [0.1, 0.15) is 30.1 Å². The number of benzene rings is 1. The SMILES string of the molecule is CC(CC(=O)O)CC(=O)c1c[nH]c2c([N+](=O)[O-])cccc12. The number of nitrogens with one attached hydrogen (secondary N) is 1. The summed E-state index contributed by atoms with van der Waals surface area (Å²) in [6, 6.07) is 4.51. The summed E-state index contributed by atoms with van der Waals surface area (Å²) >= 11 is 0. The van der Waals surface area contributed by atoms with Crippen molar-refractivity contribution in [2.75, 3.05) is 0 Å². The van der Waals surface area contributed by atoms with Gasteiger partial charge in [0.1, 0.15) is 5.52 Å². The lowest BCUT2D eigenvalue weighted by Gasteiger charge is -2.06. The third-order valence-corrected chi connectivity index (χ3v) is 3.25. The number of non-ortho nitro benzene ring substituents is 1. The van der Waals surface area contributed by atoms with Gasteiger partial charge in [0.05, 0.1) is 4.92 Å². The van der Waals surface area contributed by atoms with Crippen molar-refractivity contribution in [3.05, 3.63) is 40.1 Å². The maximum Gasteiger partial charge on any atom is 0.303 e. The van der Waals surface area contributed by atoms with Crippen molar-refractivity contribution in [1.29, 1.82) is 0 Å². The maximum absolute atomic E-state index is 12.2. The highest BCUT2D eigenvalue weighted by Gasteiger charge is 2.20. The summed E-state index contributed by atoms with van der Waals surface area (Å²) in [6.07, 6.45) is 1.43. The number of carbonyl (C=O) groups excluding carboxylic acids is 1. The average Bonchev–Trinajstić information content (AvgIpc) is 2.80. The number of H-pyrrole nitrogens is 1. The Hall–Kier alpha value is -2.70. The summed E-state index contributed by atoms with van der Waals surface area (Å²) in [5.41, 5.74) is 0.563. The Kier molecular flexibility index (Phi) is 4.02. The lowest BCUT2D eigenvalue weighted by atomic mass is 9.97. The van der Waals surface area contributed by atoms with Gasteiger partial charge in [0, 0.05) is 36.1 Å². The van der Waals surface area contributed by atoms with Crippen molar-refractivity contribution in [2.45, 2.75) is 19.8 Å². The molecular weight excluding hydrogens is 276 g/mol. The van der Waals surface area contributed by atoms with Gasteiger partial charge >= 0.3 is 5.97 Å². The van der Waals surface area contributed by atoms with Gasteiger partial charge in [0.15, 0.2) is 5.78 Å². The fourth-order valence-electron chi connectivity index (χ4n) is 2.32. The minimum atomic E-state index is -0.954. The molecule has 21 heavy (non-hydrogen) atoms. The first-order valence-electron chi connectivity index (χ1n) is 6.39. The number of rotatable bonds is 6. The number of nitrogens with zero attached hydrogens (tertiary/aromatic N) is 1. The van der Waals surface area contributed by atoms with Gasteiger partial charge in [-0.1, -0.05) is 19.1 Å². The third kappa shape index (κ3) is 3.07. The predicted octanol–water partition coefficient (Wildman–Crippen LogP) is 2.76. The molecule has 0 aliphatic rings. The fraction of sp³-hybridized carbons (Fsp3) is 0.286. The molecular formula is C14H14N2O5. The number of aromatic nitrogens is 1. The van der Waals surface area contributed by atoms with Gasteiger partial charge in [0.2, 0.25) is 0 Å². The number of Topliss-reactive ketones (excluding diaryl/α,β-unsaturated/α-hetero) is 1. The molecule has 0 saturated heterocycles. The molecule has 1 aromatic heterocycles. The Morgan fingerprint density at radius 1 is 1.38 bits per heavy atom. The number of ketones is 1.